The van der Waals surface area contributed by atoms with Gasteiger partial charge in [-0.2, -0.15) is 0 Å². The largest absolute Gasteiger partial charge is 0.449 e. The zero-order valence-electron chi connectivity index (χ0n) is 19.0. The number of esters is 1. The van der Waals surface area contributed by atoms with Gasteiger partial charge < -0.3 is 10.1 Å². The molecule has 174 valence electrons. The first kappa shape index (κ1) is 22.9. The molecule has 1 atom stereocenters. The van der Waals surface area contributed by atoms with E-state index in [1.807, 2.05) is 0 Å². The highest BCUT2D eigenvalue weighted by molar-refractivity contribution is 6.22. The van der Waals surface area contributed by atoms with Crippen LogP contribution in [0.25, 0.3) is 0 Å². The second-order valence-corrected chi connectivity index (χ2v) is 8.52. The molecule has 2 aromatic carbocycles. The van der Waals surface area contributed by atoms with Gasteiger partial charge in [-0.05, 0) is 51.1 Å². The van der Waals surface area contributed by atoms with Gasteiger partial charge in [0.25, 0.3) is 17.7 Å². The molecule has 0 bridgehead atoms. The fourth-order valence-corrected chi connectivity index (χ4v) is 4.02. The van der Waals surface area contributed by atoms with E-state index in [-0.39, 0.29) is 29.1 Å². The molecule has 2 aliphatic rings. The minimum absolute atomic E-state index is 0.0241. The average Bonchev–Trinajstić information content (AvgIpc) is 3.04. The molecule has 0 spiro atoms. The number of carbonyl (C=O) groups excluding carboxylic acids is 5. The average molecular weight is 461 g/mol. The maximum atomic E-state index is 13.3. The lowest BCUT2D eigenvalue weighted by Gasteiger charge is -2.42. The van der Waals surface area contributed by atoms with Gasteiger partial charge in [0.1, 0.15) is 5.54 Å². The van der Waals surface area contributed by atoms with Gasteiger partial charge in [0, 0.05) is 6.54 Å². The lowest BCUT2D eigenvalue weighted by Crippen LogP contribution is -2.60. The highest BCUT2D eigenvalue weighted by atomic mass is 16.5. The first-order valence-electron chi connectivity index (χ1n) is 10.6. The Hall–Kier alpha value is -4.27. The van der Waals surface area contributed by atoms with Gasteiger partial charge in [0.2, 0.25) is 5.91 Å². The molecule has 0 fully saturated rings. The molecule has 0 aliphatic carbocycles. The summed E-state index contributed by atoms with van der Waals surface area (Å²) in [5.74, 6) is -2.78. The highest BCUT2D eigenvalue weighted by Gasteiger charge is 2.45. The van der Waals surface area contributed by atoms with Crippen molar-refractivity contribution in [3.63, 3.8) is 0 Å². The minimum atomic E-state index is -1.23. The van der Waals surface area contributed by atoms with Gasteiger partial charge in [-0.1, -0.05) is 18.2 Å². The predicted molar refractivity (Wildman–Crippen MR) is 124 cm³/mol. The molecule has 2 aromatic rings. The fourth-order valence-electron chi connectivity index (χ4n) is 4.02. The van der Waals surface area contributed by atoms with Crippen LogP contribution in [0.1, 0.15) is 51.8 Å². The minimum Gasteiger partial charge on any atom is -0.449 e. The molecule has 34 heavy (non-hydrogen) atoms. The van der Waals surface area contributed by atoms with Gasteiger partial charge in [-0.25, -0.2) is 4.79 Å². The van der Waals surface area contributed by atoms with Crippen LogP contribution in [0.15, 0.2) is 55.1 Å². The van der Waals surface area contributed by atoms with Crippen molar-refractivity contribution in [2.24, 2.45) is 0 Å². The summed E-state index contributed by atoms with van der Waals surface area (Å²) in [6.45, 7) is 8.21. The van der Waals surface area contributed by atoms with Crippen molar-refractivity contribution >= 4 is 41.0 Å². The second-order valence-electron chi connectivity index (χ2n) is 8.52. The molecule has 0 saturated heterocycles. The van der Waals surface area contributed by atoms with Crippen molar-refractivity contribution in [2.75, 3.05) is 16.8 Å². The monoisotopic (exact) mass is 461 g/mol. The Morgan fingerprint density at radius 1 is 1.09 bits per heavy atom. The Bertz CT molecular complexity index is 1270. The van der Waals surface area contributed by atoms with Crippen molar-refractivity contribution in [3.05, 3.63) is 71.8 Å². The maximum Gasteiger partial charge on any atom is 0.338 e. The third kappa shape index (κ3) is 3.55. The Balaban J connectivity index is 1.57. The van der Waals surface area contributed by atoms with Crippen molar-refractivity contribution < 1.29 is 28.7 Å². The van der Waals surface area contributed by atoms with E-state index in [9.17, 15) is 24.0 Å². The second kappa shape index (κ2) is 8.26. The molecule has 2 aliphatic heterocycles. The van der Waals surface area contributed by atoms with Gasteiger partial charge in [0.15, 0.2) is 6.10 Å². The third-order valence-corrected chi connectivity index (χ3v) is 5.88. The molecular formula is C25H23N3O6. The molecule has 4 rings (SSSR count). The summed E-state index contributed by atoms with van der Waals surface area (Å²) < 4.78 is 5.40. The normalized spacial score (nSPS) is 17.0. The van der Waals surface area contributed by atoms with E-state index in [1.165, 1.54) is 36.1 Å². The summed E-state index contributed by atoms with van der Waals surface area (Å²) in [7, 11) is 0. The lowest BCUT2D eigenvalue weighted by atomic mass is 9.95. The number of rotatable bonds is 5. The van der Waals surface area contributed by atoms with Gasteiger partial charge >= 0.3 is 5.97 Å². The third-order valence-electron chi connectivity index (χ3n) is 5.88. The molecule has 0 radical (unpaired) electrons. The van der Waals surface area contributed by atoms with Gasteiger partial charge in [-0.15, -0.1) is 6.58 Å². The van der Waals surface area contributed by atoms with E-state index in [0.29, 0.717) is 11.4 Å². The Morgan fingerprint density at radius 2 is 1.76 bits per heavy atom. The Kier molecular flexibility index (Phi) is 5.56. The first-order valence-corrected chi connectivity index (χ1v) is 10.6. The molecule has 2 heterocycles. The van der Waals surface area contributed by atoms with E-state index in [1.54, 1.807) is 38.1 Å². The van der Waals surface area contributed by atoms with Crippen LogP contribution in [0, 0.1) is 0 Å². The van der Waals surface area contributed by atoms with Crippen LogP contribution in [-0.4, -0.2) is 52.7 Å². The van der Waals surface area contributed by atoms with Gasteiger partial charge in [-0.3, -0.25) is 29.0 Å². The Labute approximate surface area is 196 Å². The van der Waals surface area contributed by atoms with E-state index < -0.39 is 35.3 Å². The van der Waals surface area contributed by atoms with Crippen LogP contribution in [0.4, 0.5) is 11.4 Å². The van der Waals surface area contributed by atoms with Crippen molar-refractivity contribution in [2.45, 2.75) is 32.4 Å². The van der Waals surface area contributed by atoms with Crippen molar-refractivity contribution in [3.8, 4) is 0 Å². The van der Waals surface area contributed by atoms with E-state index in [4.69, 9.17) is 4.74 Å². The molecular weight excluding hydrogens is 438 g/mol. The first-order chi connectivity index (χ1) is 16.1. The number of carbonyl (C=O) groups is 5. The Morgan fingerprint density at radius 3 is 2.47 bits per heavy atom. The fraction of sp³-hybridized carbons (Fsp3) is 0.240. The van der Waals surface area contributed by atoms with Crippen LogP contribution >= 0.6 is 0 Å². The van der Waals surface area contributed by atoms with E-state index in [0.717, 1.165) is 4.90 Å². The molecule has 1 N–H and O–H groups in total. The number of amides is 4. The molecule has 4 amide bonds. The maximum absolute atomic E-state index is 13.3. The SMILES string of the molecule is C=CCN1C(=O)c2ccc(C(=O)O[C@H](C)C(=O)N3c4ccccc4NC(=O)C3(C)C)cc2C1=O. The molecule has 0 unspecified atom stereocenters. The predicted octanol–water partition coefficient (Wildman–Crippen LogP) is 2.78. The van der Waals surface area contributed by atoms with Crippen molar-refractivity contribution in [1.82, 2.24) is 4.90 Å². The van der Waals surface area contributed by atoms with Crippen LogP contribution < -0.4 is 10.2 Å². The summed E-state index contributed by atoms with van der Waals surface area (Å²) in [5, 5.41) is 2.77. The summed E-state index contributed by atoms with van der Waals surface area (Å²) in [6.07, 6.45) is 0.207. The highest BCUT2D eigenvalue weighted by Crippen LogP contribution is 2.37. The van der Waals surface area contributed by atoms with Crippen molar-refractivity contribution in [1.29, 1.82) is 0 Å². The van der Waals surface area contributed by atoms with E-state index in [2.05, 4.69) is 11.9 Å². The smallest absolute Gasteiger partial charge is 0.338 e. The van der Waals surface area contributed by atoms with Crippen LogP contribution in [0.2, 0.25) is 0 Å². The number of nitrogens with one attached hydrogen (secondary N) is 1. The zero-order valence-corrected chi connectivity index (χ0v) is 19.0. The standard InChI is InChI=1S/C25H23N3O6/c1-5-12-27-21(30)16-11-10-15(13-17(16)22(27)31)23(32)34-14(2)20(29)28-19-9-7-6-8-18(19)26-24(33)25(28,3)4/h5-11,13-14H,1,12H2,2-4H3,(H,26,33)/t14-/m1/s1. The van der Waals surface area contributed by atoms with Crippen LogP contribution in [-0.2, 0) is 14.3 Å². The number of fused-ring (bicyclic) bond motifs is 2. The van der Waals surface area contributed by atoms with Crippen LogP contribution in [0.3, 0.4) is 0 Å². The summed E-state index contributed by atoms with van der Waals surface area (Å²) in [6, 6.07) is 10.9. The molecule has 0 aromatic heterocycles. The number of benzene rings is 2. The molecule has 9 heteroatoms. The number of hydrogen-bond donors (Lipinski definition) is 1. The molecule has 9 nitrogen and oxygen atoms in total. The quantitative estimate of drug-likeness (QED) is 0.416. The topological polar surface area (TPSA) is 113 Å². The summed E-state index contributed by atoms with van der Waals surface area (Å²) in [5.41, 5.74) is 0.0407. The number of anilines is 2. The summed E-state index contributed by atoms with van der Waals surface area (Å²) in [4.78, 5) is 66.0. The number of para-hydroxylation sites is 2. The van der Waals surface area contributed by atoms with E-state index >= 15 is 0 Å². The molecule has 0 saturated carbocycles. The number of imide groups is 1. The zero-order chi connectivity index (χ0) is 24.8. The lowest BCUT2D eigenvalue weighted by molar-refractivity contribution is -0.131. The van der Waals surface area contributed by atoms with Gasteiger partial charge in [0.05, 0.1) is 28.1 Å². The number of nitrogens with zero attached hydrogens (tertiary/aromatic N) is 2. The number of hydrogen-bond acceptors (Lipinski definition) is 6. The summed E-state index contributed by atoms with van der Waals surface area (Å²) >= 11 is 0. The van der Waals surface area contributed by atoms with Crippen LogP contribution in [0.5, 0.6) is 0 Å². The number of ether oxygens (including phenoxy) is 1.